The molecule has 194 valence electrons. The maximum absolute atomic E-state index is 12.8. The van der Waals surface area contributed by atoms with E-state index in [1.807, 2.05) is 6.92 Å². The highest BCUT2D eigenvalue weighted by Crippen LogP contribution is 2.35. The van der Waals surface area contributed by atoms with Crippen LogP contribution in [0.5, 0.6) is 11.5 Å². The van der Waals surface area contributed by atoms with Gasteiger partial charge in [0.25, 0.3) is 17.1 Å². The molecule has 2 aromatic carbocycles. The first-order chi connectivity index (χ1) is 17.9. The fourth-order valence-electron chi connectivity index (χ4n) is 3.88. The average Bonchev–Trinajstić information content (AvgIpc) is 3.50. The van der Waals surface area contributed by atoms with Gasteiger partial charge in [0, 0.05) is 13.1 Å². The third kappa shape index (κ3) is 6.64. The predicted molar refractivity (Wildman–Crippen MR) is 142 cm³/mol. The van der Waals surface area contributed by atoms with E-state index in [1.54, 1.807) is 53.4 Å². The van der Waals surface area contributed by atoms with Crippen LogP contribution in [0.4, 0.5) is 10.5 Å². The Morgan fingerprint density at radius 3 is 2.57 bits per heavy atom. The highest BCUT2D eigenvalue weighted by atomic mass is 35.5. The molecule has 0 saturated carbocycles. The first-order valence-corrected chi connectivity index (χ1v) is 13.0. The van der Waals surface area contributed by atoms with Crippen molar-refractivity contribution in [3.63, 3.8) is 0 Å². The molecule has 0 spiro atoms. The minimum Gasteiger partial charge on any atom is -0.490 e. The molecule has 1 N–H and O–H groups in total. The van der Waals surface area contributed by atoms with Gasteiger partial charge in [0.1, 0.15) is 6.54 Å². The number of carbonyl (C=O) groups is 4. The Labute approximate surface area is 223 Å². The Kier molecular flexibility index (Phi) is 8.73. The van der Waals surface area contributed by atoms with E-state index < -0.39 is 17.1 Å². The summed E-state index contributed by atoms with van der Waals surface area (Å²) in [5.74, 6) is -0.392. The molecular weight excluding hydrogens is 518 g/mol. The van der Waals surface area contributed by atoms with E-state index in [0.29, 0.717) is 47.5 Å². The molecule has 2 heterocycles. The number of hydrogen-bond acceptors (Lipinski definition) is 7. The molecule has 0 aromatic heterocycles. The van der Waals surface area contributed by atoms with Crippen LogP contribution in [0.2, 0.25) is 5.02 Å². The second kappa shape index (κ2) is 12.2. The summed E-state index contributed by atoms with van der Waals surface area (Å²) in [7, 11) is 0. The van der Waals surface area contributed by atoms with Gasteiger partial charge in [0.2, 0.25) is 5.91 Å². The van der Waals surface area contributed by atoms with Crippen molar-refractivity contribution >= 4 is 58.1 Å². The fourth-order valence-corrected chi connectivity index (χ4v) is 4.90. The molecule has 9 nitrogen and oxygen atoms in total. The Hall–Kier alpha value is -3.50. The lowest BCUT2D eigenvalue weighted by atomic mass is 10.2. The van der Waals surface area contributed by atoms with Crippen LogP contribution in [0.15, 0.2) is 47.4 Å². The summed E-state index contributed by atoms with van der Waals surface area (Å²) in [6.07, 6.45) is 3.44. The molecule has 0 aliphatic carbocycles. The van der Waals surface area contributed by atoms with Crippen molar-refractivity contribution in [2.24, 2.45) is 0 Å². The van der Waals surface area contributed by atoms with Crippen LogP contribution in [0.1, 0.15) is 25.3 Å². The Morgan fingerprint density at radius 1 is 1.08 bits per heavy atom. The van der Waals surface area contributed by atoms with Crippen LogP contribution < -0.4 is 14.8 Å². The van der Waals surface area contributed by atoms with Crippen molar-refractivity contribution in [1.82, 2.24) is 9.80 Å². The Morgan fingerprint density at radius 2 is 1.84 bits per heavy atom. The quantitative estimate of drug-likeness (QED) is 0.467. The molecule has 11 heteroatoms. The molecule has 37 heavy (non-hydrogen) atoms. The lowest BCUT2D eigenvalue weighted by molar-refractivity contribution is -0.135. The van der Waals surface area contributed by atoms with Gasteiger partial charge in [0.05, 0.1) is 22.2 Å². The monoisotopic (exact) mass is 543 g/mol. The van der Waals surface area contributed by atoms with Crippen molar-refractivity contribution in [3.8, 4) is 11.5 Å². The normalized spacial score (nSPS) is 16.4. The zero-order valence-electron chi connectivity index (χ0n) is 20.2. The number of benzene rings is 2. The van der Waals surface area contributed by atoms with Crippen molar-refractivity contribution in [3.05, 3.63) is 58.0 Å². The van der Waals surface area contributed by atoms with Gasteiger partial charge in [-0.1, -0.05) is 29.8 Å². The van der Waals surface area contributed by atoms with Crippen LogP contribution in [0.25, 0.3) is 6.08 Å². The number of nitrogens with zero attached hydrogens (tertiary/aromatic N) is 2. The molecule has 4 amide bonds. The maximum atomic E-state index is 12.8. The third-order valence-electron chi connectivity index (χ3n) is 5.70. The first kappa shape index (κ1) is 26.6. The van der Waals surface area contributed by atoms with E-state index in [9.17, 15) is 19.2 Å². The third-order valence-corrected chi connectivity index (χ3v) is 6.93. The summed E-state index contributed by atoms with van der Waals surface area (Å²) in [4.78, 5) is 52.9. The molecule has 0 radical (unpaired) electrons. The number of anilines is 1. The van der Waals surface area contributed by atoms with E-state index >= 15 is 0 Å². The second-order valence-electron chi connectivity index (χ2n) is 8.31. The van der Waals surface area contributed by atoms with E-state index in [-0.39, 0.29) is 24.0 Å². The van der Waals surface area contributed by atoms with Gasteiger partial charge in [-0.15, -0.1) is 0 Å². The second-order valence-corrected chi connectivity index (χ2v) is 9.71. The minimum absolute atomic E-state index is 0.217. The number of carbonyl (C=O) groups excluding carboxylic acids is 4. The smallest absolute Gasteiger partial charge is 0.294 e. The highest BCUT2D eigenvalue weighted by molar-refractivity contribution is 8.18. The van der Waals surface area contributed by atoms with E-state index in [1.165, 1.54) is 0 Å². The van der Waals surface area contributed by atoms with E-state index in [2.05, 4.69) is 5.32 Å². The fraction of sp³-hybridized carbons (Fsp3) is 0.308. The predicted octanol–water partition coefficient (Wildman–Crippen LogP) is 4.41. The molecule has 2 aromatic rings. The van der Waals surface area contributed by atoms with Crippen LogP contribution >= 0.6 is 23.4 Å². The zero-order chi connectivity index (χ0) is 26.4. The number of ether oxygens (including phenoxy) is 2. The van der Waals surface area contributed by atoms with Gasteiger partial charge in [-0.05, 0) is 67.4 Å². The van der Waals surface area contributed by atoms with E-state index in [4.69, 9.17) is 21.1 Å². The van der Waals surface area contributed by atoms with Gasteiger partial charge in [0.15, 0.2) is 18.1 Å². The number of rotatable bonds is 9. The molecule has 2 aliphatic rings. The Balaban J connectivity index is 1.42. The number of thioether (sulfide) groups is 1. The standard InChI is InChI=1S/C26H26ClN3O6S/c1-2-35-21-13-17(9-10-20(21)36-16-23(31)28-19-8-4-3-7-18(19)27)14-22-25(33)30(26(34)37-22)15-24(32)29-11-5-6-12-29/h3-4,7-10,13-14H,2,5-6,11-12,15-16H2,1H3,(H,28,31)/b22-14-. The molecule has 0 unspecified atom stereocenters. The van der Waals surface area contributed by atoms with Gasteiger partial charge in [-0.25, -0.2) is 0 Å². The molecule has 2 fully saturated rings. The van der Waals surface area contributed by atoms with Gasteiger partial charge in [-0.2, -0.15) is 0 Å². The summed E-state index contributed by atoms with van der Waals surface area (Å²) in [6.45, 7) is 2.94. The van der Waals surface area contributed by atoms with Crippen molar-refractivity contribution < 1.29 is 28.7 Å². The summed E-state index contributed by atoms with van der Waals surface area (Å²) >= 11 is 6.87. The van der Waals surface area contributed by atoms with Gasteiger partial charge >= 0.3 is 0 Å². The maximum Gasteiger partial charge on any atom is 0.294 e. The van der Waals surface area contributed by atoms with Crippen molar-refractivity contribution in [2.75, 3.05) is 38.2 Å². The lowest BCUT2D eigenvalue weighted by Crippen LogP contribution is -2.40. The number of likely N-dealkylation sites (tertiary alicyclic amines) is 1. The molecule has 0 bridgehead atoms. The van der Waals surface area contributed by atoms with E-state index in [0.717, 1.165) is 29.5 Å². The number of imide groups is 1. The Bertz CT molecular complexity index is 1240. The minimum atomic E-state index is -0.503. The largest absolute Gasteiger partial charge is 0.490 e. The molecule has 0 atom stereocenters. The molecule has 2 aliphatic heterocycles. The first-order valence-electron chi connectivity index (χ1n) is 11.8. The van der Waals surface area contributed by atoms with Crippen LogP contribution in [0, 0.1) is 0 Å². The van der Waals surface area contributed by atoms with Crippen LogP contribution in [0.3, 0.4) is 0 Å². The van der Waals surface area contributed by atoms with Gasteiger partial charge in [-0.3, -0.25) is 24.1 Å². The average molecular weight is 544 g/mol. The topological polar surface area (TPSA) is 105 Å². The van der Waals surface area contributed by atoms with Crippen LogP contribution in [-0.4, -0.2) is 65.6 Å². The molecule has 4 rings (SSSR count). The molecule has 2 saturated heterocycles. The number of halogens is 1. The summed E-state index contributed by atoms with van der Waals surface area (Å²) in [5.41, 5.74) is 1.09. The highest BCUT2D eigenvalue weighted by Gasteiger charge is 2.37. The molecular formula is C26H26ClN3O6S. The summed E-state index contributed by atoms with van der Waals surface area (Å²) < 4.78 is 11.3. The van der Waals surface area contributed by atoms with Gasteiger partial charge < -0.3 is 19.7 Å². The zero-order valence-corrected chi connectivity index (χ0v) is 21.8. The van der Waals surface area contributed by atoms with Crippen LogP contribution in [-0.2, 0) is 14.4 Å². The van der Waals surface area contributed by atoms with Crippen molar-refractivity contribution in [2.45, 2.75) is 19.8 Å². The lowest BCUT2D eigenvalue weighted by Gasteiger charge is -2.18. The van der Waals surface area contributed by atoms with Crippen molar-refractivity contribution in [1.29, 1.82) is 0 Å². The number of hydrogen-bond donors (Lipinski definition) is 1. The number of para-hydroxylation sites is 1. The summed E-state index contributed by atoms with van der Waals surface area (Å²) in [5, 5.41) is 2.63. The number of amides is 4. The SMILES string of the molecule is CCOc1cc(/C=C2\SC(=O)N(CC(=O)N3CCCC3)C2=O)ccc1OCC(=O)Nc1ccccc1Cl. The summed E-state index contributed by atoms with van der Waals surface area (Å²) in [6, 6.07) is 11.9. The number of nitrogens with one attached hydrogen (secondary N) is 1.